The predicted molar refractivity (Wildman–Crippen MR) is 115 cm³/mol. The number of pyridine rings is 1. The number of nitrogens with zero attached hydrogens (tertiary/aromatic N) is 1. The van der Waals surface area contributed by atoms with Crippen molar-refractivity contribution < 1.29 is 4.74 Å². The highest BCUT2D eigenvalue weighted by Crippen LogP contribution is 2.33. The Morgan fingerprint density at radius 2 is 1.75 bits per heavy atom. The van der Waals surface area contributed by atoms with E-state index in [1.807, 2.05) is 30.5 Å². The van der Waals surface area contributed by atoms with Gasteiger partial charge in [0.25, 0.3) is 5.56 Å². The van der Waals surface area contributed by atoms with Crippen LogP contribution >= 0.6 is 0 Å². The Balaban J connectivity index is 1.62. The third-order valence-corrected chi connectivity index (χ3v) is 5.53. The van der Waals surface area contributed by atoms with Crippen LogP contribution in [-0.2, 0) is 6.42 Å². The van der Waals surface area contributed by atoms with Gasteiger partial charge in [-0.25, -0.2) is 0 Å². The lowest BCUT2D eigenvalue weighted by Crippen LogP contribution is -2.58. The first-order valence-corrected chi connectivity index (χ1v) is 10.3. The molecule has 28 heavy (non-hydrogen) atoms. The molecule has 0 radical (unpaired) electrons. The molecule has 1 unspecified atom stereocenters. The summed E-state index contributed by atoms with van der Waals surface area (Å²) in [5.41, 5.74) is 1.43. The number of benzene rings is 1. The summed E-state index contributed by atoms with van der Waals surface area (Å²) in [5.74, 6) is 1.15. The van der Waals surface area contributed by atoms with E-state index in [0.29, 0.717) is 18.3 Å². The number of aromatic nitrogens is 1. The molecule has 0 bridgehead atoms. The maximum absolute atomic E-state index is 12.6. The molecule has 1 aromatic heterocycles. The molecule has 152 valence electrons. The molecule has 1 aliphatic rings. The van der Waals surface area contributed by atoms with Crippen molar-refractivity contribution in [1.29, 1.82) is 0 Å². The summed E-state index contributed by atoms with van der Waals surface area (Å²) in [4.78, 5) is 12.6. The van der Waals surface area contributed by atoms with Gasteiger partial charge in [-0.1, -0.05) is 30.3 Å². The Bertz CT molecular complexity index is 823. The van der Waals surface area contributed by atoms with E-state index in [0.717, 1.165) is 19.3 Å². The molecule has 0 saturated carbocycles. The summed E-state index contributed by atoms with van der Waals surface area (Å²) in [6.45, 7) is 11.7. The van der Waals surface area contributed by atoms with Crippen molar-refractivity contribution >= 4 is 0 Å². The van der Waals surface area contributed by atoms with Crippen molar-refractivity contribution in [1.82, 2.24) is 9.88 Å². The lowest BCUT2D eigenvalue weighted by Gasteiger charge is -2.46. The molecular formula is C24H34N2O2. The molecule has 2 aromatic rings. The van der Waals surface area contributed by atoms with Crippen LogP contribution in [0.15, 0.2) is 53.5 Å². The smallest absolute Gasteiger partial charge is 0.254 e. The van der Waals surface area contributed by atoms with Crippen LogP contribution in [0.25, 0.3) is 0 Å². The van der Waals surface area contributed by atoms with Crippen molar-refractivity contribution in [3.05, 3.63) is 64.6 Å². The van der Waals surface area contributed by atoms with E-state index >= 15 is 0 Å². The van der Waals surface area contributed by atoms with Gasteiger partial charge in [-0.2, -0.15) is 0 Å². The Morgan fingerprint density at radius 3 is 2.36 bits per heavy atom. The first kappa shape index (κ1) is 20.7. The minimum Gasteiger partial charge on any atom is -0.493 e. The fraction of sp³-hybridized carbons (Fsp3) is 0.542. The van der Waals surface area contributed by atoms with E-state index in [1.54, 1.807) is 10.6 Å². The van der Waals surface area contributed by atoms with Crippen molar-refractivity contribution in [2.45, 2.75) is 71.0 Å². The summed E-state index contributed by atoms with van der Waals surface area (Å²) in [5, 5.41) is 3.70. The Morgan fingerprint density at radius 1 is 1.11 bits per heavy atom. The highest BCUT2D eigenvalue weighted by atomic mass is 16.5. The zero-order valence-electron chi connectivity index (χ0n) is 17.9. The predicted octanol–water partition coefficient (Wildman–Crippen LogP) is 4.59. The average Bonchev–Trinajstić information content (AvgIpc) is 2.58. The average molecular weight is 383 g/mol. The number of nitrogens with one attached hydrogen (secondary N) is 1. The summed E-state index contributed by atoms with van der Waals surface area (Å²) in [6, 6.07) is 13.9. The molecule has 4 heteroatoms. The third kappa shape index (κ3) is 5.48. The van der Waals surface area contributed by atoms with Crippen molar-refractivity contribution in [2.24, 2.45) is 5.92 Å². The largest absolute Gasteiger partial charge is 0.493 e. The van der Waals surface area contributed by atoms with Gasteiger partial charge < -0.3 is 14.6 Å². The van der Waals surface area contributed by atoms with Crippen LogP contribution in [0.4, 0.5) is 0 Å². The first-order valence-electron chi connectivity index (χ1n) is 10.3. The van der Waals surface area contributed by atoms with Gasteiger partial charge in [0, 0.05) is 29.4 Å². The van der Waals surface area contributed by atoms with Gasteiger partial charge in [0.2, 0.25) is 0 Å². The molecule has 1 aromatic carbocycles. The van der Waals surface area contributed by atoms with E-state index in [-0.39, 0.29) is 22.7 Å². The summed E-state index contributed by atoms with van der Waals surface area (Å²) < 4.78 is 7.81. The van der Waals surface area contributed by atoms with Gasteiger partial charge in [-0.15, -0.1) is 0 Å². The molecule has 0 aliphatic carbocycles. The number of rotatable bonds is 6. The van der Waals surface area contributed by atoms with E-state index in [4.69, 9.17) is 4.74 Å². The van der Waals surface area contributed by atoms with Gasteiger partial charge >= 0.3 is 0 Å². The fourth-order valence-corrected chi connectivity index (χ4v) is 4.84. The molecule has 1 N–H and O–H groups in total. The molecule has 1 fully saturated rings. The summed E-state index contributed by atoms with van der Waals surface area (Å²) in [7, 11) is 0. The van der Waals surface area contributed by atoms with E-state index < -0.39 is 0 Å². The van der Waals surface area contributed by atoms with Gasteiger partial charge in [0.05, 0.1) is 6.61 Å². The highest BCUT2D eigenvalue weighted by molar-refractivity contribution is 5.20. The topological polar surface area (TPSA) is 43.3 Å². The molecule has 0 spiro atoms. The molecule has 2 heterocycles. The quantitative estimate of drug-likeness (QED) is 0.795. The fourth-order valence-electron chi connectivity index (χ4n) is 4.84. The Hall–Kier alpha value is -2.07. The van der Waals surface area contributed by atoms with Crippen LogP contribution < -0.4 is 15.6 Å². The van der Waals surface area contributed by atoms with Crippen molar-refractivity contribution in [3.8, 4) is 5.75 Å². The molecule has 1 aliphatic heterocycles. The van der Waals surface area contributed by atoms with Gasteiger partial charge in [-0.3, -0.25) is 4.79 Å². The molecular weight excluding hydrogens is 348 g/mol. The monoisotopic (exact) mass is 382 g/mol. The second-order valence-corrected chi connectivity index (χ2v) is 9.62. The van der Waals surface area contributed by atoms with Crippen molar-refractivity contribution in [3.63, 3.8) is 0 Å². The lowest BCUT2D eigenvalue weighted by atomic mass is 9.76. The molecule has 1 atom stereocenters. The Labute approximate surface area is 168 Å². The summed E-state index contributed by atoms with van der Waals surface area (Å²) >= 11 is 0. The highest BCUT2D eigenvalue weighted by Gasteiger charge is 2.37. The van der Waals surface area contributed by atoms with Crippen molar-refractivity contribution in [2.75, 3.05) is 6.61 Å². The van der Waals surface area contributed by atoms with E-state index in [1.165, 1.54) is 5.56 Å². The standard InChI is InChI=1S/C24H34N2O2/c1-18(13-19-9-7-6-8-10-19)26-12-11-21(14-22(26)27)28-17-20-15-23(2,3)25-24(4,5)16-20/h6-12,14,18,20,25H,13,15-17H2,1-5H3. The van der Waals surface area contributed by atoms with Gasteiger partial charge in [0.15, 0.2) is 0 Å². The second kappa shape index (κ2) is 8.12. The van der Waals surface area contributed by atoms with Gasteiger partial charge in [0.1, 0.15) is 5.75 Å². The van der Waals surface area contributed by atoms with E-state index in [9.17, 15) is 4.79 Å². The Kier molecular flexibility index (Phi) is 5.99. The molecule has 1 saturated heterocycles. The normalized spacial score (nSPS) is 19.9. The van der Waals surface area contributed by atoms with Crippen LogP contribution in [0.3, 0.4) is 0 Å². The maximum atomic E-state index is 12.6. The number of hydrogen-bond acceptors (Lipinski definition) is 3. The molecule has 4 nitrogen and oxygen atoms in total. The zero-order valence-corrected chi connectivity index (χ0v) is 17.9. The van der Waals surface area contributed by atoms with Crippen LogP contribution in [0.1, 0.15) is 59.1 Å². The SMILES string of the molecule is CC(Cc1ccccc1)n1ccc(OCC2CC(C)(C)NC(C)(C)C2)cc1=O. The first-order chi connectivity index (χ1) is 13.1. The second-order valence-electron chi connectivity index (χ2n) is 9.62. The lowest BCUT2D eigenvalue weighted by molar-refractivity contribution is 0.0934. The van der Waals surface area contributed by atoms with Crippen LogP contribution in [-0.4, -0.2) is 22.3 Å². The zero-order chi connectivity index (χ0) is 20.4. The number of piperidine rings is 1. The third-order valence-electron chi connectivity index (χ3n) is 5.53. The molecule has 0 amide bonds. The number of ether oxygens (including phenoxy) is 1. The molecule has 3 rings (SSSR count). The van der Waals surface area contributed by atoms with Crippen LogP contribution in [0.2, 0.25) is 0 Å². The van der Waals surface area contributed by atoms with Crippen LogP contribution in [0, 0.1) is 5.92 Å². The maximum Gasteiger partial charge on any atom is 0.254 e. The minimum absolute atomic E-state index is 0.00750. The minimum atomic E-state index is -0.00750. The van der Waals surface area contributed by atoms with E-state index in [2.05, 4.69) is 52.1 Å². The number of hydrogen-bond donors (Lipinski definition) is 1. The van der Waals surface area contributed by atoms with Gasteiger partial charge in [-0.05, 0) is 71.4 Å². The van der Waals surface area contributed by atoms with Crippen LogP contribution in [0.5, 0.6) is 5.75 Å². The summed E-state index contributed by atoms with van der Waals surface area (Å²) in [6.07, 6.45) is 4.84.